The molecule has 1 aliphatic heterocycles. The lowest BCUT2D eigenvalue weighted by atomic mass is 10.1. The van der Waals surface area contributed by atoms with E-state index >= 15 is 0 Å². The Balaban J connectivity index is 1.66. The van der Waals surface area contributed by atoms with E-state index < -0.39 is 16.8 Å². The molecule has 1 aliphatic rings. The monoisotopic (exact) mass is 400 g/mol. The first-order valence-corrected chi connectivity index (χ1v) is 8.85. The third-order valence-corrected chi connectivity index (χ3v) is 4.64. The second-order valence-electron chi connectivity index (χ2n) is 6.48. The Kier molecular flexibility index (Phi) is 5.96. The van der Waals surface area contributed by atoms with Gasteiger partial charge in [0.1, 0.15) is 18.1 Å². The number of amides is 1. The van der Waals surface area contributed by atoms with E-state index in [-0.39, 0.29) is 31.2 Å². The second kappa shape index (κ2) is 8.59. The summed E-state index contributed by atoms with van der Waals surface area (Å²) in [4.78, 5) is 36.7. The lowest BCUT2D eigenvalue weighted by Gasteiger charge is -2.20. The van der Waals surface area contributed by atoms with Gasteiger partial charge in [0, 0.05) is 31.2 Å². The lowest BCUT2D eigenvalue weighted by Crippen LogP contribution is -2.26. The Morgan fingerprint density at radius 1 is 1.21 bits per heavy atom. The van der Waals surface area contributed by atoms with Crippen LogP contribution in [-0.2, 0) is 20.9 Å². The highest BCUT2D eigenvalue weighted by atomic mass is 16.6. The molecule has 0 N–H and O–H groups in total. The zero-order chi connectivity index (χ0) is 21.0. The minimum absolute atomic E-state index is 0.0168. The lowest BCUT2D eigenvalue weighted by molar-refractivity contribution is -0.384. The molecule has 1 amide bonds. The number of non-ortho nitro benzene ring substituents is 1. The van der Waals surface area contributed by atoms with E-state index in [0.29, 0.717) is 22.7 Å². The first-order chi connectivity index (χ1) is 13.9. The van der Waals surface area contributed by atoms with Gasteiger partial charge in [0.2, 0.25) is 5.91 Å². The average Bonchev–Trinajstić information content (AvgIpc) is 3.13. The molecule has 1 heterocycles. The van der Waals surface area contributed by atoms with E-state index in [0.717, 1.165) is 0 Å². The van der Waals surface area contributed by atoms with E-state index in [1.165, 1.54) is 37.3 Å². The maximum absolute atomic E-state index is 12.5. The maximum Gasteiger partial charge on any atom is 0.311 e. The van der Waals surface area contributed by atoms with Crippen LogP contribution < -0.4 is 14.4 Å². The van der Waals surface area contributed by atoms with E-state index in [1.54, 1.807) is 24.3 Å². The van der Waals surface area contributed by atoms with Crippen molar-refractivity contribution in [2.24, 2.45) is 5.92 Å². The number of rotatable bonds is 7. The van der Waals surface area contributed by atoms with Crippen LogP contribution in [0.5, 0.6) is 11.5 Å². The Bertz CT molecular complexity index is 944. The molecule has 0 aliphatic carbocycles. The number of carbonyl (C=O) groups excluding carboxylic acids is 2. The van der Waals surface area contributed by atoms with Gasteiger partial charge in [-0.3, -0.25) is 19.7 Å². The topological polar surface area (TPSA) is 108 Å². The molecule has 2 aromatic carbocycles. The van der Waals surface area contributed by atoms with Gasteiger partial charge in [0.25, 0.3) is 5.69 Å². The predicted molar refractivity (Wildman–Crippen MR) is 103 cm³/mol. The fourth-order valence-corrected chi connectivity index (χ4v) is 3.14. The van der Waals surface area contributed by atoms with Crippen molar-refractivity contribution in [3.8, 4) is 11.5 Å². The molecule has 3 rings (SSSR count). The first-order valence-electron chi connectivity index (χ1n) is 8.85. The van der Waals surface area contributed by atoms with Crippen LogP contribution in [-0.4, -0.2) is 37.6 Å². The summed E-state index contributed by atoms with van der Waals surface area (Å²) < 4.78 is 15.8. The summed E-state index contributed by atoms with van der Waals surface area (Å²) in [6, 6.07) is 10.9. The highest BCUT2D eigenvalue weighted by molar-refractivity contribution is 6.00. The van der Waals surface area contributed by atoms with Crippen molar-refractivity contribution in [3.05, 3.63) is 58.1 Å². The van der Waals surface area contributed by atoms with Gasteiger partial charge in [-0.15, -0.1) is 0 Å². The van der Waals surface area contributed by atoms with Crippen LogP contribution in [0.25, 0.3) is 0 Å². The molecule has 152 valence electrons. The number of anilines is 1. The van der Waals surface area contributed by atoms with Crippen molar-refractivity contribution in [2.45, 2.75) is 13.0 Å². The van der Waals surface area contributed by atoms with E-state index in [1.807, 2.05) is 0 Å². The molecule has 1 saturated heterocycles. The molecule has 1 unspecified atom stereocenters. The van der Waals surface area contributed by atoms with Gasteiger partial charge in [-0.1, -0.05) is 12.1 Å². The average molecular weight is 400 g/mol. The minimum atomic E-state index is -0.631. The standard InChI is InChI=1S/C20H20N2O7/c1-27-16-6-7-17(18(10-16)28-2)21-11-14(9-19(21)23)20(24)29-12-13-4-3-5-15(8-13)22(25)26/h3-8,10,14H,9,11-12H2,1-2H3. The molecule has 0 aromatic heterocycles. The Morgan fingerprint density at radius 2 is 2.00 bits per heavy atom. The molecule has 1 atom stereocenters. The first kappa shape index (κ1) is 20.1. The number of methoxy groups -OCH3 is 2. The van der Waals surface area contributed by atoms with Crippen molar-refractivity contribution in [1.82, 2.24) is 0 Å². The van der Waals surface area contributed by atoms with E-state index in [4.69, 9.17) is 14.2 Å². The van der Waals surface area contributed by atoms with Crippen LogP contribution >= 0.6 is 0 Å². The summed E-state index contributed by atoms with van der Waals surface area (Å²) in [5.41, 5.74) is 0.977. The molecule has 9 heteroatoms. The normalized spacial score (nSPS) is 15.9. The van der Waals surface area contributed by atoms with Crippen LogP contribution in [0.15, 0.2) is 42.5 Å². The van der Waals surface area contributed by atoms with Gasteiger partial charge in [-0.2, -0.15) is 0 Å². The quantitative estimate of drug-likeness (QED) is 0.399. The number of benzene rings is 2. The molecular weight excluding hydrogens is 380 g/mol. The van der Waals surface area contributed by atoms with Crippen molar-refractivity contribution in [2.75, 3.05) is 25.7 Å². The molecule has 0 bridgehead atoms. The highest BCUT2D eigenvalue weighted by Gasteiger charge is 2.37. The third kappa shape index (κ3) is 4.45. The van der Waals surface area contributed by atoms with Gasteiger partial charge in [0.05, 0.1) is 30.7 Å². The molecule has 0 saturated carbocycles. The predicted octanol–water partition coefficient (Wildman–Crippen LogP) is 2.71. The molecule has 1 fully saturated rings. The molecular formula is C20H20N2O7. The van der Waals surface area contributed by atoms with Gasteiger partial charge in [0.15, 0.2) is 0 Å². The fourth-order valence-electron chi connectivity index (χ4n) is 3.14. The second-order valence-corrected chi connectivity index (χ2v) is 6.48. The number of nitro groups is 1. The highest BCUT2D eigenvalue weighted by Crippen LogP contribution is 2.36. The van der Waals surface area contributed by atoms with E-state index in [9.17, 15) is 19.7 Å². The number of hydrogen-bond donors (Lipinski definition) is 0. The van der Waals surface area contributed by atoms with Crippen molar-refractivity contribution in [1.29, 1.82) is 0 Å². The van der Waals surface area contributed by atoms with Gasteiger partial charge in [-0.05, 0) is 17.7 Å². The van der Waals surface area contributed by atoms with Crippen LogP contribution in [0.2, 0.25) is 0 Å². The van der Waals surface area contributed by atoms with Crippen LogP contribution in [0.3, 0.4) is 0 Å². The molecule has 0 radical (unpaired) electrons. The van der Waals surface area contributed by atoms with Crippen LogP contribution in [0.1, 0.15) is 12.0 Å². The smallest absolute Gasteiger partial charge is 0.311 e. The minimum Gasteiger partial charge on any atom is -0.497 e. The fraction of sp³-hybridized carbons (Fsp3) is 0.300. The zero-order valence-corrected chi connectivity index (χ0v) is 16.0. The Morgan fingerprint density at radius 3 is 2.69 bits per heavy atom. The number of ether oxygens (including phenoxy) is 3. The number of nitrogens with zero attached hydrogens (tertiary/aromatic N) is 2. The summed E-state index contributed by atoms with van der Waals surface area (Å²) >= 11 is 0. The summed E-state index contributed by atoms with van der Waals surface area (Å²) in [6.45, 7) is 0.0619. The molecule has 29 heavy (non-hydrogen) atoms. The number of carbonyl (C=O) groups is 2. The van der Waals surface area contributed by atoms with Gasteiger partial charge >= 0.3 is 5.97 Å². The summed E-state index contributed by atoms with van der Waals surface area (Å²) in [7, 11) is 3.02. The summed E-state index contributed by atoms with van der Waals surface area (Å²) in [6.07, 6.45) is 0.0168. The number of esters is 1. The van der Waals surface area contributed by atoms with Crippen LogP contribution in [0, 0.1) is 16.0 Å². The van der Waals surface area contributed by atoms with Crippen molar-refractivity contribution < 1.29 is 28.7 Å². The maximum atomic E-state index is 12.5. The zero-order valence-electron chi connectivity index (χ0n) is 16.0. The van der Waals surface area contributed by atoms with Crippen molar-refractivity contribution in [3.63, 3.8) is 0 Å². The third-order valence-electron chi connectivity index (χ3n) is 4.64. The molecule has 0 spiro atoms. The summed E-state index contributed by atoms with van der Waals surface area (Å²) in [5, 5.41) is 10.8. The number of hydrogen-bond acceptors (Lipinski definition) is 7. The SMILES string of the molecule is COc1ccc(N2CC(C(=O)OCc3cccc([N+](=O)[O-])c3)CC2=O)c(OC)c1. The molecule has 9 nitrogen and oxygen atoms in total. The molecule has 2 aromatic rings. The van der Waals surface area contributed by atoms with E-state index in [2.05, 4.69) is 0 Å². The Labute approximate surface area is 166 Å². The van der Waals surface area contributed by atoms with Gasteiger partial charge in [-0.25, -0.2) is 0 Å². The Hall–Kier alpha value is -3.62. The largest absolute Gasteiger partial charge is 0.497 e. The van der Waals surface area contributed by atoms with Crippen molar-refractivity contribution >= 4 is 23.3 Å². The van der Waals surface area contributed by atoms with Gasteiger partial charge < -0.3 is 19.1 Å². The summed E-state index contributed by atoms with van der Waals surface area (Å²) in [5.74, 6) is -0.327. The van der Waals surface area contributed by atoms with Crippen LogP contribution in [0.4, 0.5) is 11.4 Å². The number of nitro benzene ring substituents is 1.